The number of hydrogen-bond acceptors (Lipinski definition) is 5. The highest BCUT2D eigenvalue weighted by atomic mass is 16.5. The van der Waals surface area contributed by atoms with Gasteiger partial charge in [0.05, 0.1) is 19.3 Å². The lowest BCUT2D eigenvalue weighted by molar-refractivity contribution is 0.0600. The standard InChI is InChI=1S/C18H26N2O3/c1-3-4-10-19-13-17(9-11-21)20(14-19)12-15-5-7-16(8-6-15)18(22)23-2/h5-8,13,21H,3-4,9-12,14H2,1-2H3. The van der Waals surface area contributed by atoms with Crippen molar-refractivity contribution in [1.82, 2.24) is 9.80 Å². The highest BCUT2D eigenvalue weighted by Gasteiger charge is 2.20. The third-order valence-electron chi connectivity index (χ3n) is 4.01. The molecule has 0 bridgehead atoms. The molecule has 0 aromatic heterocycles. The molecule has 1 aliphatic rings. The van der Waals surface area contributed by atoms with Crippen LogP contribution in [0.2, 0.25) is 0 Å². The number of hydrogen-bond donors (Lipinski definition) is 1. The lowest BCUT2D eigenvalue weighted by Gasteiger charge is -2.24. The van der Waals surface area contributed by atoms with Gasteiger partial charge in [0, 0.05) is 38.0 Å². The molecule has 0 radical (unpaired) electrons. The van der Waals surface area contributed by atoms with E-state index in [1.165, 1.54) is 25.6 Å². The topological polar surface area (TPSA) is 53.0 Å². The number of benzene rings is 1. The molecule has 0 aliphatic carbocycles. The summed E-state index contributed by atoms with van der Waals surface area (Å²) in [4.78, 5) is 16.1. The van der Waals surface area contributed by atoms with Gasteiger partial charge in [0.1, 0.15) is 0 Å². The van der Waals surface area contributed by atoms with Gasteiger partial charge in [0.15, 0.2) is 0 Å². The first-order valence-corrected chi connectivity index (χ1v) is 8.15. The summed E-state index contributed by atoms with van der Waals surface area (Å²) in [5, 5.41) is 9.26. The van der Waals surface area contributed by atoms with Crippen LogP contribution < -0.4 is 0 Å². The van der Waals surface area contributed by atoms with Crippen molar-refractivity contribution in [2.24, 2.45) is 0 Å². The minimum atomic E-state index is -0.315. The largest absolute Gasteiger partial charge is 0.465 e. The van der Waals surface area contributed by atoms with E-state index in [0.29, 0.717) is 12.0 Å². The number of unbranched alkanes of at least 4 members (excludes halogenated alkanes) is 1. The van der Waals surface area contributed by atoms with Gasteiger partial charge in [0.2, 0.25) is 0 Å². The van der Waals surface area contributed by atoms with Crippen LogP contribution in [0.1, 0.15) is 42.1 Å². The SMILES string of the molecule is CCCCN1C=C(CCO)N(Cc2ccc(C(=O)OC)cc2)C1. The maximum Gasteiger partial charge on any atom is 0.337 e. The summed E-state index contributed by atoms with van der Waals surface area (Å²) < 4.78 is 4.72. The van der Waals surface area contributed by atoms with Gasteiger partial charge in [-0.2, -0.15) is 0 Å². The van der Waals surface area contributed by atoms with Crippen molar-refractivity contribution < 1.29 is 14.6 Å². The zero-order chi connectivity index (χ0) is 16.7. The van der Waals surface area contributed by atoms with E-state index >= 15 is 0 Å². The first kappa shape index (κ1) is 17.3. The quantitative estimate of drug-likeness (QED) is 0.747. The third kappa shape index (κ3) is 4.73. The maximum atomic E-state index is 11.5. The number of methoxy groups -OCH3 is 1. The molecule has 0 atom stereocenters. The zero-order valence-corrected chi connectivity index (χ0v) is 14.0. The van der Waals surface area contributed by atoms with Crippen LogP contribution in [-0.2, 0) is 11.3 Å². The predicted octanol–water partition coefficient (Wildman–Crippen LogP) is 2.57. The summed E-state index contributed by atoms with van der Waals surface area (Å²) in [6, 6.07) is 7.50. The molecular formula is C18H26N2O3. The van der Waals surface area contributed by atoms with Crippen LogP contribution >= 0.6 is 0 Å². The lowest BCUT2D eigenvalue weighted by Crippen LogP contribution is -2.27. The average molecular weight is 318 g/mol. The second kappa shape index (κ2) is 8.58. The van der Waals surface area contributed by atoms with Crippen LogP contribution in [0.5, 0.6) is 0 Å². The van der Waals surface area contributed by atoms with Crippen molar-refractivity contribution in [2.45, 2.75) is 32.7 Å². The summed E-state index contributed by atoms with van der Waals surface area (Å²) in [5.74, 6) is -0.315. The number of carbonyl (C=O) groups excluding carboxylic acids is 1. The Labute approximate surface area is 138 Å². The van der Waals surface area contributed by atoms with Crippen LogP contribution in [0, 0.1) is 0 Å². The van der Waals surface area contributed by atoms with Crippen LogP contribution in [-0.4, -0.2) is 47.8 Å². The number of carbonyl (C=O) groups is 1. The Kier molecular flexibility index (Phi) is 6.47. The van der Waals surface area contributed by atoms with E-state index in [0.717, 1.165) is 25.3 Å². The normalized spacial score (nSPS) is 14.1. The Morgan fingerprint density at radius 3 is 2.65 bits per heavy atom. The molecule has 5 heteroatoms. The van der Waals surface area contributed by atoms with Crippen molar-refractivity contribution in [3.8, 4) is 0 Å². The lowest BCUT2D eigenvalue weighted by atomic mass is 10.1. The van der Waals surface area contributed by atoms with E-state index in [1.54, 1.807) is 12.1 Å². The molecule has 1 heterocycles. The second-order valence-electron chi connectivity index (χ2n) is 5.79. The summed E-state index contributed by atoms with van der Waals surface area (Å²) in [6.07, 6.45) is 5.18. The fourth-order valence-electron chi connectivity index (χ4n) is 2.71. The summed E-state index contributed by atoms with van der Waals surface area (Å²) in [6.45, 7) is 5.02. The highest BCUT2D eigenvalue weighted by molar-refractivity contribution is 5.89. The number of aliphatic hydroxyl groups excluding tert-OH is 1. The van der Waals surface area contributed by atoms with Gasteiger partial charge in [-0.25, -0.2) is 4.79 Å². The summed E-state index contributed by atoms with van der Waals surface area (Å²) in [5.41, 5.74) is 2.87. The monoisotopic (exact) mass is 318 g/mol. The molecule has 1 aromatic carbocycles. The Bertz CT molecular complexity index is 540. The van der Waals surface area contributed by atoms with Gasteiger partial charge < -0.3 is 19.6 Å². The molecule has 5 nitrogen and oxygen atoms in total. The molecule has 1 aromatic rings. The molecule has 0 amide bonds. The van der Waals surface area contributed by atoms with Gasteiger partial charge in [-0.3, -0.25) is 0 Å². The number of aliphatic hydroxyl groups is 1. The Balaban J connectivity index is 2.00. The van der Waals surface area contributed by atoms with E-state index in [1.807, 2.05) is 12.1 Å². The van der Waals surface area contributed by atoms with Crippen LogP contribution in [0.3, 0.4) is 0 Å². The molecule has 0 saturated heterocycles. The third-order valence-corrected chi connectivity index (χ3v) is 4.01. The fourth-order valence-corrected chi connectivity index (χ4v) is 2.71. The minimum absolute atomic E-state index is 0.158. The van der Waals surface area contributed by atoms with Gasteiger partial charge in [0.25, 0.3) is 0 Å². The van der Waals surface area contributed by atoms with Crippen molar-refractivity contribution in [3.05, 3.63) is 47.3 Å². The molecule has 0 unspecified atom stereocenters. The predicted molar refractivity (Wildman–Crippen MR) is 89.6 cm³/mol. The van der Waals surface area contributed by atoms with Gasteiger partial charge in [-0.1, -0.05) is 25.5 Å². The van der Waals surface area contributed by atoms with Crippen molar-refractivity contribution >= 4 is 5.97 Å². The van der Waals surface area contributed by atoms with E-state index in [2.05, 4.69) is 22.9 Å². The molecule has 0 fully saturated rings. The smallest absolute Gasteiger partial charge is 0.337 e. The average Bonchev–Trinajstić information content (AvgIpc) is 2.95. The van der Waals surface area contributed by atoms with Crippen molar-refractivity contribution in [2.75, 3.05) is 26.9 Å². The van der Waals surface area contributed by atoms with Crippen LogP contribution in [0.25, 0.3) is 0 Å². The Morgan fingerprint density at radius 2 is 2.04 bits per heavy atom. The van der Waals surface area contributed by atoms with E-state index < -0.39 is 0 Å². The number of rotatable bonds is 8. The van der Waals surface area contributed by atoms with E-state index in [9.17, 15) is 9.90 Å². The molecule has 1 aliphatic heterocycles. The van der Waals surface area contributed by atoms with E-state index in [4.69, 9.17) is 4.74 Å². The first-order chi connectivity index (χ1) is 11.2. The van der Waals surface area contributed by atoms with Crippen LogP contribution in [0.4, 0.5) is 0 Å². The van der Waals surface area contributed by atoms with Crippen LogP contribution in [0.15, 0.2) is 36.2 Å². The van der Waals surface area contributed by atoms with Crippen molar-refractivity contribution in [1.29, 1.82) is 0 Å². The Hall–Kier alpha value is -2.01. The minimum Gasteiger partial charge on any atom is -0.465 e. The number of ether oxygens (including phenoxy) is 1. The molecule has 0 spiro atoms. The number of esters is 1. The molecule has 126 valence electrons. The summed E-state index contributed by atoms with van der Waals surface area (Å²) >= 11 is 0. The second-order valence-corrected chi connectivity index (χ2v) is 5.79. The number of nitrogens with zero attached hydrogens (tertiary/aromatic N) is 2. The molecule has 0 saturated carbocycles. The maximum absolute atomic E-state index is 11.5. The van der Waals surface area contributed by atoms with Crippen molar-refractivity contribution in [3.63, 3.8) is 0 Å². The van der Waals surface area contributed by atoms with Gasteiger partial charge in [-0.05, 0) is 24.1 Å². The fraction of sp³-hybridized carbons (Fsp3) is 0.500. The molecule has 1 N–H and O–H groups in total. The first-order valence-electron chi connectivity index (χ1n) is 8.15. The van der Waals surface area contributed by atoms with Gasteiger partial charge in [-0.15, -0.1) is 0 Å². The van der Waals surface area contributed by atoms with E-state index in [-0.39, 0.29) is 12.6 Å². The molecule has 2 rings (SSSR count). The van der Waals surface area contributed by atoms with Gasteiger partial charge >= 0.3 is 5.97 Å². The summed E-state index contributed by atoms with van der Waals surface area (Å²) in [7, 11) is 1.39. The molecule has 23 heavy (non-hydrogen) atoms. The Morgan fingerprint density at radius 1 is 1.30 bits per heavy atom. The zero-order valence-electron chi connectivity index (χ0n) is 14.0. The molecular weight excluding hydrogens is 292 g/mol. The highest BCUT2D eigenvalue weighted by Crippen LogP contribution is 2.22.